The summed E-state index contributed by atoms with van der Waals surface area (Å²) in [6.07, 6.45) is 9.77. The van der Waals surface area contributed by atoms with Crippen LogP contribution >= 0.6 is 15.9 Å². The van der Waals surface area contributed by atoms with Crippen molar-refractivity contribution in [3.8, 4) is 0 Å². The van der Waals surface area contributed by atoms with Crippen LogP contribution < -0.4 is 5.32 Å². The fourth-order valence-corrected chi connectivity index (χ4v) is 5.70. The molecule has 3 fully saturated rings. The lowest BCUT2D eigenvalue weighted by Gasteiger charge is -2.11. The van der Waals surface area contributed by atoms with Gasteiger partial charge in [0.2, 0.25) is 0 Å². The summed E-state index contributed by atoms with van der Waals surface area (Å²) >= 11 is 3.60. The molecule has 1 N–H and O–H groups in total. The maximum Gasteiger partial charge on any atom is 0.171 e. The Morgan fingerprint density at radius 1 is 1.32 bits per heavy atom. The van der Waals surface area contributed by atoms with E-state index < -0.39 is 0 Å². The van der Waals surface area contributed by atoms with Crippen molar-refractivity contribution in [1.29, 1.82) is 0 Å². The van der Waals surface area contributed by atoms with Crippen LogP contribution in [0.2, 0.25) is 0 Å². The normalized spacial score (nSPS) is 31.6. The van der Waals surface area contributed by atoms with Gasteiger partial charge >= 0.3 is 0 Å². The van der Waals surface area contributed by atoms with Crippen molar-refractivity contribution in [3.63, 3.8) is 0 Å². The number of nitrogens with zero attached hydrogens (tertiary/aromatic N) is 4. The average molecular weight is 396 g/mol. The molecule has 3 saturated carbocycles. The Balaban J connectivity index is 1.38. The summed E-state index contributed by atoms with van der Waals surface area (Å²) in [5.41, 5.74) is 3.93. The third-order valence-electron chi connectivity index (χ3n) is 6.55. The van der Waals surface area contributed by atoms with Crippen molar-refractivity contribution >= 4 is 27.4 Å². The number of aromatic nitrogens is 4. The van der Waals surface area contributed by atoms with Gasteiger partial charge in [0, 0.05) is 30.9 Å². The predicted molar refractivity (Wildman–Crippen MR) is 98.3 cm³/mol. The standard InChI is InChI=1S/C19H18BrN5/c20-14-10-23-25-16(22-9-11-2-1-5-21-8-11)6-15(24-18(14)25)17-13-4-3-12-7-19(12,13)17/h1-2,5-6,8,10,12-13,17,22H,3-4,7,9H2. The highest BCUT2D eigenvalue weighted by Crippen LogP contribution is 2.88. The minimum atomic E-state index is 0.623. The first-order chi connectivity index (χ1) is 12.3. The first-order valence-electron chi connectivity index (χ1n) is 8.94. The maximum absolute atomic E-state index is 4.97. The Labute approximate surface area is 154 Å². The average Bonchev–Trinajstić information content (AvgIpc) is 3.44. The zero-order valence-electron chi connectivity index (χ0n) is 13.7. The summed E-state index contributed by atoms with van der Waals surface area (Å²) < 4.78 is 2.85. The van der Waals surface area contributed by atoms with Crippen molar-refractivity contribution in [2.24, 2.45) is 17.3 Å². The number of hydrogen-bond acceptors (Lipinski definition) is 4. The van der Waals surface area contributed by atoms with E-state index in [2.05, 4.69) is 43.5 Å². The highest BCUT2D eigenvalue weighted by atomic mass is 79.9. The molecule has 3 aromatic rings. The molecule has 6 rings (SSSR count). The first kappa shape index (κ1) is 14.2. The molecular formula is C19H18BrN5. The second-order valence-electron chi connectivity index (χ2n) is 7.68. The molecule has 3 aliphatic carbocycles. The van der Waals surface area contributed by atoms with Crippen molar-refractivity contribution in [1.82, 2.24) is 19.6 Å². The molecular weight excluding hydrogens is 378 g/mol. The molecule has 0 radical (unpaired) electrons. The summed E-state index contributed by atoms with van der Waals surface area (Å²) in [6.45, 7) is 0.728. The molecule has 4 unspecified atom stereocenters. The van der Waals surface area contributed by atoms with Crippen molar-refractivity contribution < 1.29 is 0 Å². The minimum Gasteiger partial charge on any atom is -0.366 e. The molecule has 3 aliphatic rings. The Kier molecular flexibility index (Phi) is 2.74. The summed E-state index contributed by atoms with van der Waals surface area (Å²) in [6, 6.07) is 6.26. The largest absolute Gasteiger partial charge is 0.366 e. The van der Waals surface area contributed by atoms with Crippen LogP contribution in [0.15, 0.2) is 41.3 Å². The number of nitrogens with one attached hydrogen (secondary N) is 1. The van der Waals surface area contributed by atoms with Gasteiger partial charge in [0.15, 0.2) is 5.65 Å². The van der Waals surface area contributed by atoms with Crippen molar-refractivity contribution in [2.75, 3.05) is 5.32 Å². The summed E-state index contributed by atoms with van der Waals surface area (Å²) in [4.78, 5) is 9.16. The molecule has 0 aromatic carbocycles. The Bertz CT molecular complexity index is 984. The molecule has 6 heteroatoms. The lowest BCUT2D eigenvalue weighted by molar-refractivity contribution is 0.641. The third-order valence-corrected chi connectivity index (χ3v) is 7.11. The number of halogens is 1. The molecule has 0 bridgehead atoms. The van der Waals surface area contributed by atoms with Crippen molar-refractivity contribution in [3.05, 3.63) is 52.5 Å². The second kappa shape index (κ2) is 4.81. The van der Waals surface area contributed by atoms with E-state index in [1.807, 2.05) is 23.0 Å². The van der Waals surface area contributed by atoms with Gasteiger partial charge < -0.3 is 5.32 Å². The summed E-state index contributed by atoms with van der Waals surface area (Å²) in [5, 5.41) is 8.01. The zero-order valence-corrected chi connectivity index (χ0v) is 15.3. The van der Waals surface area contributed by atoms with E-state index in [0.29, 0.717) is 11.3 Å². The molecule has 3 aromatic heterocycles. The van der Waals surface area contributed by atoms with E-state index >= 15 is 0 Å². The minimum absolute atomic E-state index is 0.623. The third kappa shape index (κ3) is 1.91. The number of pyridine rings is 1. The predicted octanol–water partition coefficient (Wildman–Crippen LogP) is 4.01. The van der Waals surface area contributed by atoms with Gasteiger partial charge in [0.25, 0.3) is 0 Å². The van der Waals surface area contributed by atoms with E-state index in [9.17, 15) is 0 Å². The lowest BCUT2D eigenvalue weighted by Crippen LogP contribution is -2.08. The Morgan fingerprint density at radius 2 is 2.28 bits per heavy atom. The van der Waals surface area contributed by atoms with Gasteiger partial charge in [-0.05, 0) is 64.1 Å². The summed E-state index contributed by atoms with van der Waals surface area (Å²) in [7, 11) is 0. The van der Waals surface area contributed by atoms with E-state index in [-0.39, 0.29) is 0 Å². The molecule has 0 saturated heterocycles. The molecule has 3 heterocycles. The monoisotopic (exact) mass is 395 g/mol. The van der Waals surface area contributed by atoms with Crippen LogP contribution in [0.4, 0.5) is 5.82 Å². The fourth-order valence-electron chi connectivity index (χ4n) is 5.35. The van der Waals surface area contributed by atoms with E-state index in [0.717, 1.165) is 39.9 Å². The number of hydrogen-bond donors (Lipinski definition) is 1. The highest BCUT2D eigenvalue weighted by molar-refractivity contribution is 9.10. The van der Waals surface area contributed by atoms with Gasteiger partial charge in [0.05, 0.1) is 16.4 Å². The molecule has 1 spiro atoms. The van der Waals surface area contributed by atoms with E-state index in [4.69, 9.17) is 4.98 Å². The van der Waals surface area contributed by atoms with Crippen LogP contribution in [0, 0.1) is 17.3 Å². The van der Waals surface area contributed by atoms with Gasteiger partial charge in [-0.15, -0.1) is 0 Å². The van der Waals surface area contributed by atoms with Crippen LogP contribution in [-0.4, -0.2) is 19.6 Å². The van der Waals surface area contributed by atoms with Crippen LogP contribution in [0.3, 0.4) is 0 Å². The van der Waals surface area contributed by atoms with Crippen LogP contribution in [0.1, 0.15) is 36.4 Å². The quantitative estimate of drug-likeness (QED) is 0.724. The lowest BCUT2D eigenvalue weighted by atomic mass is 10.1. The van der Waals surface area contributed by atoms with Crippen LogP contribution in [0.25, 0.3) is 5.65 Å². The zero-order chi connectivity index (χ0) is 16.6. The number of anilines is 1. The number of rotatable bonds is 4. The van der Waals surface area contributed by atoms with Gasteiger partial charge in [-0.3, -0.25) is 4.98 Å². The maximum atomic E-state index is 4.97. The Morgan fingerprint density at radius 3 is 3.04 bits per heavy atom. The molecule has 0 amide bonds. The van der Waals surface area contributed by atoms with Crippen LogP contribution in [0.5, 0.6) is 0 Å². The van der Waals surface area contributed by atoms with Gasteiger partial charge in [0.1, 0.15) is 5.82 Å². The topological polar surface area (TPSA) is 55.1 Å². The van der Waals surface area contributed by atoms with Crippen LogP contribution in [-0.2, 0) is 6.54 Å². The Hall–Kier alpha value is -1.95. The fraction of sp³-hybridized carbons (Fsp3) is 0.421. The van der Waals surface area contributed by atoms with Gasteiger partial charge in [-0.25, -0.2) is 4.98 Å². The van der Waals surface area contributed by atoms with Gasteiger partial charge in [-0.1, -0.05) is 6.07 Å². The molecule has 0 aliphatic heterocycles. The molecule has 4 atom stereocenters. The highest BCUT2D eigenvalue weighted by Gasteiger charge is 2.81. The SMILES string of the molecule is Brc1cnn2c(NCc3cccnc3)cc(C3C4CCC5CC543)nc12. The first-order valence-corrected chi connectivity index (χ1v) is 9.73. The van der Waals surface area contributed by atoms with E-state index in [1.54, 1.807) is 6.20 Å². The summed E-state index contributed by atoms with van der Waals surface area (Å²) in [5.74, 6) is 3.52. The van der Waals surface area contributed by atoms with Crippen molar-refractivity contribution in [2.45, 2.75) is 31.7 Å². The molecule has 25 heavy (non-hydrogen) atoms. The molecule has 126 valence electrons. The van der Waals surface area contributed by atoms with Gasteiger partial charge in [-0.2, -0.15) is 9.61 Å². The smallest absolute Gasteiger partial charge is 0.171 e. The molecule has 5 nitrogen and oxygen atoms in total. The van der Waals surface area contributed by atoms with E-state index in [1.165, 1.54) is 25.0 Å². The second-order valence-corrected chi connectivity index (χ2v) is 8.54. The number of fused-ring (bicyclic) bond motifs is 1.